The fourth-order valence-electron chi connectivity index (χ4n) is 2.72. The van der Waals surface area contributed by atoms with Crippen molar-refractivity contribution in [3.8, 4) is 0 Å². The molecule has 1 aliphatic heterocycles. The van der Waals surface area contributed by atoms with Crippen LogP contribution >= 0.6 is 0 Å². The first-order valence-corrected chi connectivity index (χ1v) is 7.63. The van der Waals surface area contributed by atoms with Crippen LogP contribution in [0.2, 0.25) is 0 Å². The van der Waals surface area contributed by atoms with Gasteiger partial charge < -0.3 is 19.8 Å². The van der Waals surface area contributed by atoms with E-state index in [0.29, 0.717) is 5.56 Å². The summed E-state index contributed by atoms with van der Waals surface area (Å²) in [6.07, 6.45) is -6.70. The molecule has 1 aromatic carbocycles. The molecule has 1 amide bonds. The molecular weight excluding hydrogens is 327 g/mol. The Kier molecular flexibility index (Phi) is 5.84. The smallest absolute Gasteiger partial charge is 0.388 e. The molecule has 0 spiro atoms. The van der Waals surface area contributed by atoms with Gasteiger partial charge >= 0.3 is 6.18 Å². The van der Waals surface area contributed by atoms with Crippen LogP contribution < -0.4 is 0 Å². The van der Waals surface area contributed by atoms with Crippen LogP contribution in [0.5, 0.6) is 0 Å². The highest BCUT2D eigenvalue weighted by molar-refractivity contribution is 5.79. The second-order valence-corrected chi connectivity index (χ2v) is 5.71. The third-order valence-corrected chi connectivity index (χ3v) is 4.06. The molecular formula is C16H20F3NO4. The van der Waals surface area contributed by atoms with Crippen LogP contribution in [0.3, 0.4) is 0 Å². The summed E-state index contributed by atoms with van der Waals surface area (Å²) >= 11 is 0. The predicted octanol–water partition coefficient (Wildman–Crippen LogP) is 1.22. The van der Waals surface area contributed by atoms with Crippen molar-refractivity contribution in [2.45, 2.75) is 37.8 Å². The zero-order valence-electron chi connectivity index (χ0n) is 13.2. The average molecular weight is 347 g/mol. The highest BCUT2D eigenvalue weighted by Gasteiger charge is 2.37. The lowest BCUT2D eigenvalue weighted by Gasteiger charge is -2.39. The van der Waals surface area contributed by atoms with Crippen LogP contribution in [0.15, 0.2) is 24.3 Å². The van der Waals surface area contributed by atoms with Gasteiger partial charge in [0.15, 0.2) is 0 Å². The minimum Gasteiger partial charge on any atom is -0.388 e. The summed E-state index contributed by atoms with van der Waals surface area (Å²) in [4.78, 5) is 13.8. The number of hydrogen-bond acceptors (Lipinski definition) is 4. The largest absolute Gasteiger partial charge is 0.416 e. The quantitative estimate of drug-likeness (QED) is 0.859. The van der Waals surface area contributed by atoms with Gasteiger partial charge in [-0.15, -0.1) is 0 Å². The second kappa shape index (κ2) is 7.50. The molecule has 1 heterocycles. The Hall–Kier alpha value is -1.64. The highest BCUT2D eigenvalue weighted by atomic mass is 19.4. The van der Waals surface area contributed by atoms with E-state index in [-0.39, 0.29) is 32.1 Å². The summed E-state index contributed by atoms with van der Waals surface area (Å²) in [5.41, 5.74) is -0.330. The molecule has 0 saturated carbocycles. The zero-order valence-corrected chi connectivity index (χ0v) is 13.2. The van der Waals surface area contributed by atoms with Gasteiger partial charge in [-0.05, 0) is 24.6 Å². The average Bonchev–Trinajstić information content (AvgIpc) is 2.52. The van der Waals surface area contributed by atoms with Crippen molar-refractivity contribution in [3.63, 3.8) is 0 Å². The van der Waals surface area contributed by atoms with Gasteiger partial charge in [0.1, 0.15) is 12.2 Å². The van der Waals surface area contributed by atoms with Crippen LogP contribution in [0.4, 0.5) is 13.2 Å². The molecule has 24 heavy (non-hydrogen) atoms. The van der Waals surface area contributed by atoms with Gasteiger partial charge in [-0.3, -0.25) is 4.79 Å². The van der Waals surface area contributed by atoms with E-state index in [1.807, 2.05) is 0 Å². The fourth-order valence-corrected chi connectivity index (χ4v) is 2.72. The molecule has 0 aliphatic carbocycles. The summed E-state index contributed by atoms with van der Waals surface area (Å²) in [6.45, 7) is 2.11. The van der Waals surface area contributed by atoms with Crippen molar-refractivity contribution in [1.29, 1.82) is 0 Å². The molecule has 0 unspecified atom stereocenters. The van der Waals surface area contributed by atoms with Crippen molar-refractivity contribution in [2.24, 2.45) is 0 Å². The molecule has 1 aromatic rings. The van der Waals surface area contributed by atoms with E-state index >= 15 is 0 Å². The number of rotatable bonds is 4. The molecule has 8 heteroatoms. The standard InChI is InChI=1S/C16H20F3NO4/c1-2-20(12-8-24-9-13(21)15(12)23)14(22)7-10-3-5-11(6-4-10)16(17,18)19/h3-6,12-13,15,21,23H,2,7-9H2,1H3/t12-,13-,15+/m1/s1. The third-order valence-electron chi connectivity index (χ3n) is 4.06. The monoisotopic (exact) mass is 347 g/mol. The van der Waals surface area contributed by atoms with E-state index in [1.165, 1.54) is 17.0 Å². The van der Waals surface area contributed by atoms with Crippen molar-refractivity contribution in [1.82, 2.24) is 4.90 Å². The molecule has 5 nitrogen and oxygen atoms in total. The topological polar surface area (TPSA) is 70.0 Å². The molecule has 2 rings (SSSR count). The normalized spacial score (nSPS) is 24.7. The number of aliphatic hydroxyl groups excluding tert-OH is 2. The lowest BCUT2D eigenvalue weighted by atomic mass is 10.0. The third kappa shape index (κ3) is 4.25. The van der Waals surface area contributed by atoms with E-state index in [0.717, 1.165) is 12.1 Å². The van der Waals surface area contributed by atoms with E-state index < -0.39 is 30.0 Å². The van der Waals surface area contributed by atoms with Gasteiger partial charge in [0.05, 0.1) is 31.2 Å². The Morgan fingerprint density at radius 1 is 1.25 bits per heavy atom. The first kappa shape index (κ1) is 18.7. The Labute approximate surface area is 137 Å². The molecule has 1 fully saturated rings. The number of likely N-dealkylation sites (N-methyl/N-ethyl adjacent to an activating group) is 1. The summed E-state index contributed by atoms with van der Waals surface area (Å²) in [7, 11) is 0. The number of benzene rings is 1. The number of ether oxygens (including phenoxy) is 1. The van der Waals surface area contributed by atoms with Crippen LogP contribution in [0.25, 0.3) is 0 Å². The van der Waals surface area contributed by atoms with Crippen molar-refractivity contribution in [3.05, 3.63) is 35.4 Å². The molecule has 0 radical (unpaired) electrons. The number of amides is 1. The van der Waals surface area contributed by atoms with Gasteiger partial charge in [0.2, 0.25) is 5.91 Å². The molecule has 0 bridgehead atoms. The maximum atomic E-state index is 12.5. The fraction of sp³-hybridized carbons (Fsp3) is 0.562. The Balaban J connectivity index is 2.06. The number of aliphatic hydroxyl groups is 2. The second-order valence-electron chi connectivity index (χ2n) is 5.71. The molecule has 3 atom stereocenters. The summed E-state index contributed by atoms with van der Waals surface area (Å²) in [5, 5.41) is 19.7. The number of halogens is 3. The van der Waals surface area contributed by atoms with E-state index in [9.17, 15) is 28.2 Å². The lowest BCUT2D eigenvalue weighted by Crippen LogP contribution is -2.57. The zero-order chi connectivity index (χ0) is 17.9. The number of carbonyl (C=O) groups is 1. The van der Waals surface area contributed by atoms with Gasteiger partial charge in [-0.2, -0.15) is 13.2 Å². The summed E-state index contributed by atoms with van der Waals surface area (Å²) < 4.78 is 42.8. The minimum absolute atomic E-state index is 0.00230. The molecule has 1 saturated heterocycles. The number of alkyl halides is 3. The molecule has 0 aromatic heterocycles. The van der Waals surface area contributed by atoms with Gasteiger partial charge in [-0.25, -0.2) is 0 Å². The Morgan fingerprint density at radius 3 is 2.42 bits per heavy atom. The first-order chi connectivity index (χ1) is 11.2. The van der Waals surface area contributed by atoms with E-state index in [4.69, 9.17) is 4.74 Å². The molecule has 2 N–H and O–H groups in total. The van der Waals surface area contributed by atoms with E-state index in [2.05, 4.69) is 0 Å². The van der Waals surface area contributed by atoms with Crippen LogP contribution in [-0.2, 0) is 22.1 Å². The maximum Gasteiger partial charge on any atom is 0.416 e. The maximum absolute atomic E-state index is 12.5. The van der Waals surface area contributed by atoms with Crippen molar-refractivity contribution < 1.29 is 32.9 Å². The number of nitrogens with zero attached hydrogens (tertiary/aromatic N) is 1. The van der Waals surface area contributed by atoms with Crippen LogP contribution in [0.1, 0.15) is 18.1 Å². The Morgan fingerprint density at radius 2 is 1.88 bits per heavy atom. The number of carbonyl (C=O) groups excluding carboxylic acids is 1. The summed E-state index contributed by atoms with van der Waals surface area (Å²) in [5.74, 6) is -0.348. The van der Waals surface area contributed by atoms with Crippen LogP contribution in [0, 0.1) is 0 Å². The van der Waals surface area contributed by atoms with Gasteiger partial charge in [0.25, 0.3) is 0 Å². The van der Waals surface area contributed by atoms with Crippen LogP contribution in [-0.4, -0.2) is 59.0 Å². The van der Waals surface area contributed by atoms with Gasteiger partial charge in [-0.1, -0.05) is 12.1 Å². The van der Waals surface area contributed by atoms with E-state index in [1.54, 1.807) is 6.92 Å². The lowest BCUT2D eigenvalue weighted by molar-refractivity contribution is -0.155. The SMILES string of the molecule is CCN(C(=O)Cc1ccc(C(F)(F)F)cc1)[C@@H]1COC[C@@H](O)[C@H]1O. The molecule has 134 valence electrons. The first-order valence-electron chi connectivity index (χ1n) is 7.63. The minimum atomic E-state index is -4.42. The predicted molar refractivity (Wildman–Crippen MR) is 79.2 cm³/mol. The number of hydrogen-bond donors (Lipinski definition) is 2. The van der Waals surface area contributed by atoms with Gasteiger partial charge in [0, 0.05) is 6.54 Å². The molecule has 1 aliphatic rings. The van der Waals surface area contributed by atoms with Crippen molar-refractivity contribution >= 4 is 5.91 Å². The summed E-state index contributed by atoms with van der Waals surface area (Å²) in [6, 6.07) is 3.71. The highest BCUT2D eigenvalue weighted by Crippen LogP contribution is 2.29. The van der Waals surface area contributed by atoms with Crippen molar-refractivity contribution in [2.75, 3.05) is 19.8 Å². The Bertz CT molecular complexity index is 561.